The Morgan fingerprint density at radius 3 is 2.08 bits per heavy atom. The van der Waals surface area contributed by atoms with Gasteiger partial charge in [0.2, 0.25) is 0 Å². The van der Waals surface area contributed by atoms with E-state index in [1.807, 2.05) is 58.9 Å². The van der Waals surface area contributed by atoms with E-state index >= 15 is 0 Å². The van der Waals surface area contributed by atoms with Crippen molar-refractivity contribution in [3.8, 4) is 17.2 Å². The number of nitrogens with zero attached hydrogens (tertiary/aromatic N) is 2. The Hall–Kier alpha value is -3.75. The molecule has 9 nitrogen and oxygen atoms in total. The third kappa shape index (κ3) is 10.3. The van der Waals surface area contributed by atoms with Crippen LogP contribution >= 0.6 is 0 Å². The van der Waals surface area contributed by atoms with Crippen LogP contribution in [0.1, 0.15) is 69.8 Å². The molecule has 1 amide bonds. The second kappa shape index (κ2) is 16.2. The zero-order valence-electron chi connectivity index (χ0n) is 23.0. The molecule has 0 saturated heterocycles. The maximum Gasteiger partial charge on any atom is 0.341 e. The van der Waals surface area contributed by atoms with Gasteiger partial charge in [-0.2, -0.15) is 0 Å². The molecule has 0 aliphatic rings. The second-order valence-electron chi connectivity index (χ2n) is 9.22. The molecule has 0 heterocycles. The largest absolute Gasteiger partial charge is 0.494 e. The van der Waals surface area contributed by atoms with Crippen LogP contribution in [0.2, 0.25) is 0 Å². The normalized spacial score (nSPS) is 11.1. The fraction of sp³-hybridized carbons (Fsp3) is 0.483. The van der Waals surface area contributed by atoms with Gasteiger partial charge in [0.15, 0.2) is 6.61 Å². The predicted octanol–water partition coefficient (Wildman–Crippen LogP) is 5.41. The van der Waals surface area contributed by atoms with Gasteiger partial charge in [0.25, 0.3) is 5.91 Å². The minimum Gasteiger partial charge on any atom is -0.494 e. The van der Waals surface area contributed by atoms with E-state index in [0.29, 0.717) is 31.1 Å². The van der Waals surface area contributed by atoms with Crippen molar-refractivity contribution in [1.29, 1.82) is 0 Å². The van der Waals surface area contributed by atoms with Crippen molar-refractivity contribution < 1.29 is 33.7 Å². The van der Waals surface area contributed by atoms with E-state index in [4.69, 9.17) is 24.2 Å². The number of carbonyl (C=O) groups excluding carboxylic acids is 1. The Bertz CT molecular complexity index is 1030. The lowest BCUT2D eigenvalue weighted by Crippen LogP contribution is -2.42. The lowest BCUT2D eigenvalue weighted by molar-refractivity contribution is -0.139. The Labute approximate surface area is 225 Å². The van der Waals surface area contributed by atoms with Crippen LogP contribution in [0, 0.1) is 0 Å². The summed E-state index contributed by atoms with van der Waals surface area (Å²) in [4.78, 5) is 30.9. The van der Waals surface area contributed by atoms with E-state index in [9.17, 15) is 9.59 Å². The van der Waals surface area contributed by atoms with Crippen LogP contribution in [0.4, 0.5) is 0 Å². The van der Waals surface area contributed by atoms with E-state index in [0.717, 1.165) is 30.6 Å². The van der Waals surface area contributed by atoms with Gasteiger partial charge in [-0.15, -0.1) is 0 Å². The molecule has 2 aromatic carbocycles. The summed E-state index contributed by atoms with van der Waals surface area (Å²) in [5, 5.41) is 12.9. The molecule has 0 saturated carbocycles. The Balaban J connectivity index is 1.84. The van der Waals surface area contributed by atoms with Crippen LogP contribution in [0.5, 0.6) is 17.2 Å². The maximum atomic E-state index is 13.2. The summed E-state index contributed by atoms with van der Waals surface area (Å²) < 4.78 is 17.1. The van der Waals surface area contributed by atoms with Gasteiger partial charge in [0, 0.05) is 18.2 Å². The first-order chi connectivity index (χ1) is 18.2. The third-order valence-electron chi connectivity index (χ3n) is 5.49. The molecule has 9 heteroatoms. The van der Waals surface area contributed by atoms with E-state index in [1.54, 1.807) is 29.3 Å². The summed E-state index contributed by atoms with van der Waals surface area (Å²) in [6, 6.07) is 12.5. The van der Waals surface area contributed by atoms with Crippen molar-refractivity contribution in [3.63, 3.8) is 0 Å². The molecule has 0 radical (unpaired) electrons. The molecule has 0 atom stereocenters. The fourth-order valence-corrected chi connectivity index (χ4v) is 3.82. The van der Waals surface area contributed by atoms with E-state index in [2.05, 4.69) is 5.16 Å². The highest BCUT2D eigenvalue weighted by atomic mass is 16.6. The van der Waals surface area contributed by atoms with E-state index in [1.165, 1.54) is 0 Å². The average Bonchev–Trinajstić information content (AvgIpc) is 2.87. The summed E-state index contributed by atoms with van der Waals surface area (Å²) in [7, 11) is 0. The monoisotopic (exact) mass is 528 g/mol. The predicted molar refractivity (Wildman–Crippen MR) is 147 cm³/mol. The van der Waals surface area contributed by atoms with E-state index < -0.39 is 12.6 Å². The van der Waals surface area contributed by atoms with Crippen molar-refractivity contribution >= 4 is 18.1 Å². The lowest BCUT2D eigenvalue weighted by Gasteiger charge is -2.31. The number of ether oxygens (including phenoxy) is 3. The van der Waals surface area contributed by atoms with Crippen LogP contribution in [0.15, 0.2) is 47.6 Å². The summed E-state index contributed by atoms with van der Waals surface area (Å²) in [5.74, 6) is 0.187. The Morgan fingerprint density at radius 2 is 1.50 bits per heavy atom. The van der Waals surface area contributed by atoms with Gasteiger partial charge in [0.05, 0.1) is 25.0 Å². The third-order valence-corrected chi connectivity index (χ3v) is 5.49. The van der Waals surface area contributed by atoms with Gasteiger partial charge in [-0.25, -0.2) is 4.79 Å². The first kappa shape index (κ1) is 30.5. The summed E-state index contributed by atoms with van der Waals surface area (Å²) in [6.45, 7) is 10.7. The number of aliphatic carboxylic acids is 1. The quantitative estimate of drug-likeness (QED) is 0.166. The van der Waals surface area contributed by atoms with Crippen LogP contribution in [0.3, 0.4) is 0 Å². The standard InChI is InChI=1S/C29H40N2O7/c1-6-38-30-19-23-10-12-24(13-11-23)35-16-8-7-9-17-36-25-14-15-26(27(18-25)37-20-28(32)33)29(34)31(21(2)3)22(4)5/h10-15,18-19,21-22H,6-9,16-17,20H2,1-5H3,(H,32,33). The SMILES string of the molecule is CCON=Cc1ccc(OCCCCCOc2ccc(C(=O)N(C(C)C)C(C)C)c(OCC(=O)O)c2)cc1. The number of unbranched alkanes of at least 4 members (excludes halogenated alkanes) is 2. The molecular weight excluding hydrogens is 488 g/mol. The second-order valence-corrected chi connectivity index (χ2v) is 9.22. The molecule has 0 spiro atoms. The lowest BCUT2D eigenvalue weighted by atomic mass is 10.1. The van der Waals surface area contributed by atoms with Gasteiger partial charge in [-0.1, -0.05) is 5.16 Å². The topological polar surface area (TPSA) is 107 Å². The number of amides is 1. The number of carboxylic acids is 1. The number of oxime groups is 1. The van der Waals surface area contributed by atoms with Gasteiger partial charge in [-0.05, 0) is 95.8 Å². The van der Waals surface area contributed by atoms with Crippen molar-refractivity contribution in [2.45, 2.75) is 66.0 Å². The zero-order chi connectivity index (χ0) is 27.9. The van der Waals surface area contributed by atoms with Crippen LogP contribution < -0.4 is 14.2 Å². The zero-order valence-corrected chi connectivity index (χ0v) is 23.0. The minimum absolute atomic E-state index is 0.0193. The van der Waals surface area contributed by atoms with Gasteiger partial charge in [-0.3, -0.25) is 4.79 Å². The number of rotatable bonds is 17. The minimum atomic E-state index is -1.12. The highest BCUT2D eigenvalue weighted by Crippen LogP contribution is 2.28. The van der Waals surface area contributed by atoms with Crippen molar-refractivity contribution in [2.24, 2.45) is 5.16 Å². The summed E-state index contributed by atoms with van der Waals surface area (Å²) in [6.07, 6.45) is 4.26. The molecule has 0 bridgehead atoms. The van der Waals surface area contributed by atoms with E-state index in [-0.39, 0.29) is 23.7 Å². The molecule has 0 aromatic heterocycles. The van der Waals surface area contributed by atoms with Gasteiger partial charge < -0.3 is 29.1 Å². The average molecular weight is 529 g/mol. The molecule has 0 aliphatic heterocycles. The molecule has 38 heavy (non-hydrogen) atoms. The number of carbonyl (C=O) groups is 2. The first-order valence-electron chi connectivity index (χ1n) is 13.0. The molecule has 0 unspecified atom stereocenters. The summed E-state index contributed by atoms with van der Waals surface area (Å²) in [5.41, 5.74) is 1.25. The number of benzene rings is 2. The fourth-order valence-electron chi connectivity index (χ4n) is 3.82. The molecule has 2 aromatic rings. The van der Waals surface area contributed by atoms with Crippen molar-refractivity contribution in [1.82, 2.24) is 4.90 Å². The number of carboxylic acid groups (broad SMARTS) is 1. The van der Waals surface area contributed by atoms with Crippen LogP contribution in [-0.2, 0) is 9.63 Å². The van der Waals surface area contributed by atoms with Gasteiger partial charge >= 0.3 is 5.97 Å². The van der Waals surface area contributed by atoms with Crippen molar-refractivity contribution in [2.75, 3.05) is 26.4 Å². The highest BCUT2D eigenvalue weighted by molar-refractivity contribution is 5.97. The van der Waals surface area contributed by atoms with Crippen LogP contribution in [0.25, 0.3) is 0 Å². The first-order valence-corrected chi connectivity index (χ1v) is 13.0. The van der Waals surface area contributed by atoms with Gasteiger partial charge in [0.1, 0.15) is 23.9 Å². The Kier molecular flexibility index (Phi) is 13.0. The van der Waals surface area contributed by atoms with Crippen LogP contribution in [-0.4, -0.2) is 66.6 Å². The molecule has 0 fully saturated rings. The van der Waals surface area contributed by atoms with Crippen molar-refractivity contribution in [3.05, 3.63) is 53.6 Å². The molecule has 0 aliphatic carbocycles. The molecular formula is C29H40N2O7. The number of hydrogen-bond acceptors (Lipinski definition) is 7. The smallest absolute Gasteiger partial charge is 0.341 e. The Morgan fingerprint density at radius 1 is 0.895 bits per heavy atom. The summed E-state index contributed by atoms with van der Waals surface area (Å²) >= 11 is 0. The maximum absolute atomic E-state index is 13.2. The number of hydrogen-bond donors (Lipinski definition) is 1. The molecule has 1 N–H and O–H groups in total. The molecule has 2 rings (SSSR count). The highest BCUT2D eigenvalue weighted by Gasteiger charge is 2.25. The molecule has 208 valence electrons.